The van der Waals surface area contributed by atoms with Crippen molar-refractivity contribution in [1.29, 1.82) is 0 Å². The number of hydrogen-bond acceptors (Lipinski definition) is 3. The highest BCUT2D eigenvalue weighted by Crippen LogP contribution is 2.62. The molecule has 0 atom stereocenters. The normalized spacial score (nSPS) is 17.6. The molecule has 2 nitrogen and oxygen atoms in total. The zero-order valence-corrected chi connectivity index (χ0v) is 34.2. The van der Waals surface area contributed by atoms with Crippen LogP contribution in [0.4, 0.5) is 0 Å². The minimum Gasteiger partial charge on any atom is -0.455 e. The number of benzene rings is 6. The molecule has 0 amide bonds. The van der Waals surface area contributed by atoms with E-state index in [1.165, 1.54) is 82.1 Å². The zero-order valence-electron chi connectivity index (χ0n) is 33.4. The molecular weight excluding hydrogens is 699 g/mol. The number of ether oxygens (including phenoxy) is 1. The van der Waals surface area contributed by atoms with Crippen LogP contribution in [-0.2, 0) is 21.7 Å². The average molecular weight is 744 g/mol. The second kappa shape index (κ2) is 11.1. The van der Waals surface area contributed by atoms with Crippen molar-refractivity contribution < 1.29 is 4.74 Å². The molecule has 56 heavy (non-hydrogen) atoms. The lowest BCUT2D eigenvalue weighted by atomic mass is 9.73. The SMILES string of the molecule is CC1(C)c2cccc(-c3ccnc(-c4cccc5c4Sc4c(ccc6c4-c4ccccc4C6(C)C)C5(C)C)c3)c2Oc2c1ccc1c2-c2ccccc2C1(C)C. The van der Waals surface area contributed by atoms with Crippen LogP contribution in [0.5, 0.6) is 11.5 Å². The molecule has 2 aliphatic carbocycles. The largest absolute Gasteiger partial charge is 0.455 e. The van der Waals surface area contributed by atoms with E-state index in [9.17, 15) is 0 Å². The molecule has 7 aromatic rings. The van der Waals surface area contributed by atoms with E-state index < -0.39 is 0 Å². The lowest BCUT2D eigenvalue weighted by Gasteiger charge is -2.37. The Bertz CT molecular complexity index is 2680. The molecule has 0 bridgehead atoms. The number of aromatic nitrogens is 1. The van der Waals surface area contributed by atoms with Crippen molar-refractivity contribution in [3.63, 3.8) is 0 Å². The van der Waals surface area contributed by atoms with Gasteiger partial charge in [0.05, 0.1) is 5.69 Å². The van der Waals surface area contributed by atoms with Gasteiger partial charge in [-0.05, 0) is 62.2 Å². The summed E-state index contributed by atoms with van der Waals surface area (Å²) in [6.45, 7) is 18.9. The van der Waals surface area contributed by atoms with E-state index in [1.54, 1.807) is 0 Å². The summed E-state index contributed by atoms with van der Waals surface area (Å²) >= 11 is 1.93. The highest BCUT2D eigenvalue weighted by Gasteiger charge is 2.45. The molecule has 11 rings (SSSR count). The van der Waals surface area contributed by atoms with Crippen molar-refractivity contribution in [3.05, 3.63) is 172 Å². The Hall–Kier alpha value is -5.38. The number of pyridine rings is 1. The minimum atomic E-state index is -0.257. The van der Waals surface area contributed by atoms with Crippen LogP contribution in [0.15, 0.2) is 137 Å². The molecule has 3 heteroatoms. The van der Waals surface area contributed by atoms with Gasteiger partial charge < -0.3 is 4.74 Å². The minimum absolute atomic E-state index is 0.0486. The van der Waals surface area contributed by atoms with Crippen LogP contribution in [-0.4, -0.2) is 4.98 Å². The van der Waals surface area contributed by atoms with Gasteiger partial charge in [-0.25, -0.2) is 0 Å². The quantitative estimate of drug-likeness (QED) is 0.176. The predicted molar refractivity (Wildman–Crippen MR) is 232 cm³/mol. The van der Waals surface area contributed by atoms with Crippen molar-refractivity contribution in [2.45, 2.75) is 86.8 Å². The molecule has 0 radical (unpaired) electrons. The molecule has 0 fully saturated rings. The maximum absolute atomic E-state index is 7.26. The Balaban J connectivity index is 1.05. The fourth-order valence-corrected chi connectivity index (χ4v) is 12.3. The van der Waals surface area contributed by atoms with Crippen LogP contribution in [0, 0.1) is 0 Å². The summed E-state index contributed by atoms with van der Waals surface area (Å²) in [6, 6.07) is 45.2. The molecule has 0 N–H and O–H groups in total. The first kappa shape index (κ1) is 33.9. The van der Waals surface area contributed by atoms with Gasteiger partial charge in [0.1, 0.15) is 11.5 Å². The lowest BCUT2D eigenvalue weighted by Crippen LogP contribution is -2.25. The molecular formula is C53H45NOS. The molecule has 3 heterocycles. The first-order chi connectivity index (χ1) is 26.8. The standard InChI is InChI=1S/C53H45NOS/c1-50(2)35-19-11-9-15-32(35)44-37(50)23-25-40-47(44)55-46-31(17-13-21-39(46)52(40,5)6)30-27-28-54-43(29-30)34-18-14-22-41-48(34)56-49-42(53(41,7)8)26-24-38-45(49)33-16-10-12-20-36(33)51(38,3)4/h9-29H,1-8H3. The van der Waals surface area contributed by atoms with Gasteiger partial charge >= 0.3 is 0 Å². The summed E-state index contributed by atoms with van der Waals surface area (Å²) in [4.78, 5) is 7.76. The fourth-order valence-electron chi connectivity index (χ4n) is 10.7. The number of hydrogen-bond donors (Lipinski definition) is 0. The molecule has 274 valence electrons. The summed E-state index contributed by atoms with van der Waals surface area (Å²) in [5.41, 5.74) is 19.7. The molecule has 0 spiro atoms. The Labute approximate surface area is 335 Å². The van der Waals surface area contributed by atoms with Gasteiger partial charge in [-0.15, -0.1) is 0 Å². The van der Waals surface area contributed by atoms with Crippen LogP contribution >= 0.6 is 11.8 Å². The Morgan fingerprint density at radius 1 is 0.411 bits per heavy atom. The fraction of sp³-hybridized carbons (Fsp3) is 0.226. The first-order valence-corrected chi connectivity index (χ1v) is 20.8. The number of nitrogens with zero attached hydrogens (tertiary/aromatic N) is 1. The van der Waals surface area contributed by atoms with Crippen LogP contribution in [0.1, 0.15) is 99.9 Å². The van der Waals surface area contributed by atoms with Crippen LogP contribution in [0.3, 0.4) is 0 Å². The van der Waals surface area contributed by atoms with Gasteiger partial charge in [0.15, 0.2) is 0 Å². The molecule has 0 saturated carbocycles. The van der Waals surface area contributed by atoms with E-state index >= 15 is 0 Å². The highest BCUT2D eigenvalue weighted by molar-refractivity contribution is 7.99. The molecule has 0 unspecified atom stereocenters. The third-order valence-corrected chi connectivity index (χ3v) is 15.2. The van der Waals surface area contributed by atoms with Gasteiger partial charge in [-0.2, -0.15) is 0 Å². The summed E-state index contributed by atoms with van der Waals surface area (Å²) in [7, 11) is 0. The summed E-state index contributed by atoms with van der Waals surface area (Å²) in [6.07, 6.45) is 1.98. The maximum atomic E-state index is 7.26. The lowest BCUT2D eigenvalue weighted by molar-refractivity contribution is 0.420. The summed E-state index contributed by atoms with van der Waals surface area (Å²) in [5.74, 6) is 1.93. The van der Waals surface area contributed by atoms with Crippen molar-refractivity contribution in [3.8, 4) is 56.1 Å². The Morgan fingerprint density at radius 3 is 1.61 bits per heavy atom. The predicted octanol–water partition coefficient (Wildman–Crippen LogP) is 14.3. The van der Waals surface area contributed by atoms with Gasteiger partial charge in [-0.1, -0.05) is 176 Å². The smallest absolute Gasteiger partial charge is 0.139 e. The van der Waals surface area contributed by atoms with E-state index in [2.05, 4.69) is 177 Å². The van der Waals surface area contributed by atoms with E-state index in [4.69, 9.17) is 9.72 Å². The number of para-hydroxylation sites is 1. The average Bonchev–Trinajstić information content (AvgIpc) is 3.58. The van der Waals surface area contributed by atoms with E-state index in [-0.39, 0.29) is 21.7 Å². The van der Waals surface area contributed by atoms with Crippen LogP contribution in [0.25, 0.3) is 44.6 Å². The van der Waals surface area contributed by atoms with Crippen molar-refractivity contribution >= 4 is 11.8 Å². The van der Waals surface area contributed by atoms with E-state index in [1.807, 2.05) is 18.0 Å². The van der Waals surface area contributed by atoms with Gasteiger partial charge in [0.25, 0.3) is 0 Å². The molecule has 6 aromatic carbocycles. The third-order valence-electron chi connectivity index (χ3n) is 13.9. The number of rotatable bonds is 2. The van der Waals surface area contributed by atoms with Gasteiger partial charge in [0.2, 0.25) is 0 Å². The Kier molecular flexibility index (Phi) is 6.75. The monoisotopic (exact) mass is 743 g/mol. The second-order valence-corrected chi connectivity index (χ2v) is 19.3. The maximum Gasteiger partial charge on any atom is 0.139 e. The van der Waals surface area contributed by atoms with Crippen molar-refractivity contribution in [2.75, 3.05) is 0 Å². The first-order valence-electron chi connectivity index (χ1n) is 20.0. The number of fused-ring (bicyclic) bond motifs is 12. The Morgan fingerprint density at radius 2 is 0.893 bits per heavy atom. The van der Waals surface area contributed by atoms with Crippen LogP contribution in [0.2, 0.25) is 0 Å². The molecule has 0 saturated heterocycles. The molecule has 4 aliphatic rings. The van der Waals surface area contributed by atoms with Crippen molar-refractivity contribution in [1.82, 2.24) is 4.98 Å². The van der Waals surface area contributed by atoms with E-state index in [0.29, 0.717) is 0 Å². The van der Waals surface area contributed by atoms with E-state index in [0.717, 1.165) is 28.3 Å². The second-order valence-electron chi connectivity index (χ2n) is 18.3. The third kappa shape index (κ3) is 4.27. The molecule has 2 aliphatic heterocycles. The van der Waals surface area contributed by atoms with Gasteiger partial charge in [-0.3, -0.25) is 4.98 Å². The summed E-state index contributed by atoms with van der Waals surface area (Å²) in [5, 5.41) is 0. The van der Waals surface area contributed by atoms with Crippen molar-refractivity contribution in [2.24, 2.45) is 0 Å². The molecule has 1 aromatic heterocycles. The van der Waals surface area contributed by atoms with Gasteiger partial charge in [0, 0.05) is 71.0 Å². The zero-order chi connectivity index (χ0) is 38.5. The van der Waals surface area contributed by atoms with Crippen LogP contribution < -0.4 is 4.74 Å². The highest BCUT2D eigenvalue weighted by atomic mass is 32.2. The topological polar surface area (TPSA) is 22.1 Å². The summed E-state index contributed by atoms with van der Waals surface area (Å²) < 4.78 is 7.26.